The topological polar surface area (TPSA) is 55.9 Å². The Morgan fingerprint density at radius 3 is 3.17 bits per heavy atom. The second-order valence-electron chi connectivity index (χ2n) is 2.59. The fraction of sp³-hybridized carbons (Fsp3) is 0.625. The van der Waals surface area contributed by atoms with Crippen molar-refractivity contribution < 1.29 is 0 Å². The number of imidazole rings is 1. The third-order valence-electron chi connectivity index (χ3n) is 1.75. The number of hydrogen-bond donors (Lipinski definition) is 2. The van der Waals surface area contributed by atoms with Crippen molar-refractivity contribution in [3.8, 4) is 0 Å². The van der Waals surface area contributed by atoms with Crippen LogP contribution in [-0.4, -0.2) is 22.6 Å². The molecule has 0 radical (unpaired) electrons. The van der Waals surface area contributed by atoms with Gasteiger partial charge in [-0.3, -0.25) is 0 Å². The van der Waals surface area contributed by atoms with Crippen molar-refractivity contribution in [1.82, 2.24) is 14.9 Å². The monoisotopic (exact) mass is 168 g/mol. The van der Waals surface area contributed by atoms with Gasteiger partial charge in [0.05, 0.1) is 6.54 Å². The molecule has 1 heterocycles. The fourth-order valence-electron chi connectivity index (χ4n) is 1.10. The maximum Gasteiger partial charge on any atom is 0.122 e. The van der Waals surface area contributed by atoms with Gasteiger partial charge in [-0.05, 0) is 6.92 Å². The van der Waals surface area contributed by atoms with E-state index in [1.165, 1.54) is 0 Å². The number of nitrogens with one attached hydrogen (secondary N) is 1. The fourth-order valence-corrected chi connectivity index (χ4v) is 1.10. The highest BCUT2D eigenvalue weighted by Gasteiger charge is 1.98. The number of aromatic nitrogens is 2. The highest BCUT2D eigenvalue weighted by atomic mass is 15.1. The molecule has 0 amide bonds. The van der Waals surface area contributed by atoms with Crippen LogP contribution in [0.3, 0.4) is 0 Å². The second kappa shape index (κ2) is 4.90. The van der Waals surface area contributed by atoms with Crippen LogP contribution in [0.5, 0.6) is 0 Å². The molecule has 1 aromatic rings. The lowest BCUT2D eigenvalue weighted by Gasteiger charge is -2.04. The summed E-state index contributed by atoms with van der Waals surface area (Å²) in [6.07, 6.45) is 3.81. The molecule has 0 bridgehead atoms. The van der Waals surface area contributed by atoms with Crippen LogP contribution in [-0.2, 0) is 13.1 Å². The number of nitrogens with two attached hydrogens (primary N) is 1. The summed E-state index contributed by atoms with van der Waals surface area (Å²) in [4.78, 5) is 4.22. The van der Waals surface area contributed by atoms with Gasteiger partial charge in [-0.2, -0.15) is 0 Å². The minimum absolute atomic E-state index is 0.673. The Morgan fingerprint density at radius 2 is 2.50 bits per heavy atom. The van der Waals surface area contributed by atoms with Gasteiger partial charge < -0.3 is 15.6 Å². The molecule has 0 spiro atoms. The molecular formula is C8H16N4. The van der Waals surface area contributed by atoms with Crippen LogP contribution in [0.15, 0.2) is 12.4 Å². The van der Waals surface area contributed by atoms with Crippen LogP contribution >= 0.6 is 0 Å². The Hall–Kier alpha value is -0.870. The molecule has 4 nitrogen and oxygen atoms in total. The zero-order valence-electron chi connectivity index (χ0n) is 7.45. The molecule has 12 heavy (non-hydrogen) atoms. The van der Waals surface area contributed by atoms with Crippen LogP contribution in [0.1, 0.15) is 12.7 Å². The van der Waals surface area contributed by atoms with Crippen molar-refractivity contribution in [1.29, 1.82) is 0 Å². The van der Waals surface area contributed by atoms with Gasteiger partial charge in [0.25, 0.3) is 0 Å². The van der Waals surface area contributed by atoms with Gasteiger partial charge in [-0.1, -0.05) is 0 Å². The van der Waals surface area contributed by atoms with Crippen LogP contribution < -0.4 is 11.1 Å². The first-order valence-electron chi connectivity index (χ1n) is 4.29. The maximum absolute atomic E-state index is 5.35. The Bertz CT molecular complexity index is 219. The van der Waals surface area contributed by atoms with E-state index >= 15 is 0 Å². The lowest BCUT2D eigenvalue weighted by atomic mass is 10.5. The summed E-state index contributed by atoms with van der Waals surface area (Å²) in [6, 6.07) is 0. The molecule has 3 N–H and O–H groups in total. The first-order chi connectivity index (χ1) is 5.88. The molecule has 4 heteroatoms. The largest absolute Gasteiger partial charge is 0.334 e. The van der Waals surface area contributed by atoms with Crippen LogP contribution in [0.25, 0.3) is 0 Å². The van der Waals surface area contributed by atoms with Crippen molar-refractivity contribution >= 4 is 0 Å². The summed E-state index contributed by atoms with van der Waals surface area (Å²) in [6.45, 7) is 5.40. The first-order valence-corrected chi connectivity index (χ1v) is 4.29. The summed E-state index contributed by atoms with van der Waals surface area (Å²) < 4.78 is 2.11. The summed E-state index contributed by atoms with van der Waals surface area (Å²) >= 11 is 0. The van der Waals surface area contributed by atoms with E-state index in [1.807, 2.05) is 12.4 Å². The van der Waals surface area contributed by atoms with Gasteiger partial charge >= 0.3 is 0 Å². The molecule has 0 aliphatic heterocycles. The smallest absolute Gasteiger partial charge is 0.122 e. The summed E-state index contributed by atoms with van der Waals surface area (Å²) in [5, 5.41) is 3.20. The molecule has 0 aliphatic carbocycles. The van der Waals surface area contributed by atoms with Crippen molar-refractivity contribution in [2.45, 2.75) is 20.0 Å². The standard InChI is InChI=1S/C8H16N4/c1-2-12-6-5-11-8(12)7-10-4-3-9/h5-6,10H,2-4,7,9H2,1H3. The summed E-state index contributed by atoms with van der Waals surface area (Å²) in [5.74, 6) is 1.07. The van der Waals surface area contributed by atoms with Crippen LogP contribution in [0.2, 0.25) is 0 Å². The van der Waals surface area contributed by atoms with Crippen molar-refractivity contribution in [2.24, 2.45) is 5.73 Å². The predicted molar refractivity (Wildman–Crippen MR) is 48.7 cm³/mol. The van der Waals surface area contributed by atoms with Gasteiger partial charge in [0.1, 0.15) is 5.82 Å². The minimum Gasteiger partial charge on any atom is -0.334 e. The molecule has 0 fully saturated rings. The SMILES string of the molecule is CCn1ccnc1CNCCN. The second-order valence-corrected chi connectivity index (χ2v) is 2.59. The Labute approximate surface area is 72.8 Å². The van der Waals surface area contributed by atoms with E-state index in [-0.39, 0.29) is 0 Å². The molecule has 0 aliphatic rings. The molecule has 1 aromatic heterocycles. The van der Waals surface area contributed by atoms with E-state index in [1.54, 1.807) is 0 Å². The summed E-state index contributed by atoms with van der Waals surface area (Å²) in [5.41, 5.74) is 5.35. The Morgan fingerprint density at radius 1 is 1.67 bits per heavy atom. The molecule has 0 atom stereocenters. The molecule has 0 aromatic carbocycles. The molecule has 1 rings (SSSR count). The number of hydrogen-bond acceptors (Lipinski definition) is 3. The van der Waals surface area contributed by atoms with E-state index in [2.05, 4.69) is 21.8 Å². The van der Waals surface area contributed by atoms with Crippen molar-refractivity contribution in [3.05, 3.63) is 18.2 Å². The average Bonchev–Trinajstić information content (AvgIpc) is 2.52. The Kier molecular flexibility index (Phi) is 3.76. The third kappa shape index (κ3) is 2.32. The maximum atomic E-state index is 5.35. The zero-order chi connectivity index (χ0) is 8.81. The molecular weight excluding hydrogens is 152 g/mol. The van der Waals surface area contributed by atoms with Gasteiger partial charge in [0.15, 0.2) is 0 Å². The quantitative estimate of drug-likeness (QED) is 0.606. The van der Waals surface area contributed by atoms with Gasteiger partial charge in [0, 0.05) is 32.0 Å². The lowest BCUT2D eigenvalue weighted by Crippen LogP contribution is -2.23. The van der Waals surface area contributed by atoms with E-state index < -0.39 is 0 Å². The summed E-state index contributed by atoms with van der Waals surface area (Å²) in [7, 11) is 0. The lowest BCUT2D eigenvalue weighted by molar-refractivity contribution is 0.617. The van der Waals surface area contributed by atoms with E-state index in [0.717, 1.165) is 25.5 Å². The Balaban J connectivity index is 2.39. The number of aryl methyl sites for hydroxylation is 1. The van der Waals surface area contributed by atoms with Crippen molar-refractivity contribution in [2.75, 3.05) is 13.1 Å². The first kappa shape index (κ1) is 9.22. The van der Waals surface area contributed by atoms with Crippen LogP contribution in [0.4, 0.5) is 0 Å². The van der Waals surface area contributed by atoms with E-state index in [0.29, 0.717) is 6.54 Å². The molecule has 0 saturated heterocycles. The zero-order valence-corrected chi connectivity index (χ0v) is 7.45. The molecule has 68 valence electrons. The van der Waals surface area contributed by atoms with Gasteiger partial charge in [-0.15, -0.1) is 0 Å². The van der Waals surface area contributed by atoms with E-state index in [4.69, 9.17) is 5.73 Å². The number of rotatable bonds is 5. The van der Waals surface area contributed by atoms with Gasteiger partial charge in [0.2, 0.25) is 0 Å². The highest BCUT2D eigenvalue weighted by molar-refractivity contribution is 4.91. The van der Waals surface area contributed by atoms with Crippen LogP contribution in [0, 0.1) is 0 Å². The van der Waals surface area contributed by atoms with E-state index in [9.17, 15) is 0 Å². The number of nitrogens with zero attached hydrogens (tertiary/aromatic N) is 2. The molecule has 0 unspecified atom stereocenters. The third-order valence-corrected chi connectivity index (χ3v) is 1.75. The minimum atomic E-state index is 0.673. The predicted octanol–water partition coefficient (Wildman–Crippen LogP) is -0.0487. The normalized spacial score (nSPS) is 10.5. The highest BCUT2D eigenvalue weighted by Crippen LogP contribution is 1.95. The van der Waals surface area contributed by atoms with Gasteiger partial charge in [-0.25, -0.2) is 4.98 Å². The molecule has 0 saturated carbocycles. The van der Waals surface area contributed by atoms with Crippen molar-refractivity contribution in [3.63, 3.8) is 0 Å². The average molecular weight is 168 g/mol.